The van der Waals surface area contributed by atoms with Gasteiger partial charge in [0.1, 0.15) is 11.8 Å². The van der Waals surface area contributed by atoms with Gasteiger partial charge < -0.3 is 15.2 Å². The minimum Gasteiger partial charge on any atom is -0.508 e. The first-order valence-electron chi connectivity index (χ1n) is 4.84. The van der Waals surface area contributed by atoms with Gasteiger partial charge >= 0.3 is 5.97 Å². The summed E-state index contributed by atoms with van der Waals surface area (Å²) in [6, 6.07) is 5.70. The summed E-state index contributed by atoms with van der Waals surface area (Å²) in [5.41, 5.74) is 0.823. The summed E-state index contributed by atoms with van der Waals surface area (Å²) in [6.45, 7) is 0. The fourth-order valence-corrected chi connectivity index (χ4v) is 1.72. The number of carbonyl (C=O) groups is 2. The first-order valence-corrected chi connectivity index (χ1v) is 5.92. The molecular weight excluding hydrogens is 337 g/mol. The van der Waals surface area contributed by atoms with Gasteiger partial charge in [-0.2, -0.15) is 0 Å². The molecule has 1 atom stereocenters. The molecule has 0 saturated carbocycles. The van der Waals surface area contributed by atoms with Crippen molar-refractivity contribution >= 4 is 32.5 Å². The van der Waals surface area contributed by atoms with Crippen LogP contribution in [0.4, 0.5) is 4.79 Å². The highest BCUT2D eigenvalue weighted by molar-refractivity contribution is 14.1. The molecule has 2 N–H and O–H groups in total. The molecule has 0 spiro atoms. The molecule has 0 aliphatic rings. The van der Waals surface area contributed by atoms with Gasteiger partial charge in [0.25, 0.3) is 3.91 Å². The van der Waals surface area contributed by atoms with Crippen LogP contribution in [0.1, 0.15) is 5.56 Å². The molecule has 0 aromatic heterocycles. The average Bonchev–Trinajstić information content (AvgIpc) is 2.29. The monoisotopic (exact) mass is 349 g/mol. The quantitative estimate of drug-likeness (QED) is 0.375. The first-order chi connectivity index (χ1) is 8.02. The molecule has 0 bridgehead atoms. The van der Waals surface area contributed by atoms with E-state index in [4.69, 9.17) is 5.11 Å². The minimum atomic E-state index is -0.714. The van der Waals surface area contributed by atoms with Crippen LogP contribution in [0.25, 0.3) is 0 Å². The molecular formula is C11H12INO4. The summed E-state index contributed by atoms with van der Waals surface area (Å²) in [7, 11) is 1.27. The molecule has 0 radical (unpaired) electrons. The Morgan fingerprint density at radius 1 is 1.41 bits per heavy atom. The summed E-state index contributed by atoms with van der Waals surface area (Å²) >= 11 is 1.56. The summed E-state index contributed by atoms with van der Waals surface area (Å²) in [4.78, 5) is 22.4. The van der Waals surface area contributed by atoms with E-state index in [2.05, 4.69) is 10.1 Å². The topological polar surface area (TPSA) is 75.6 Å². The highest BCUT2D eigenvalue weighted by atomic mass is 127. The lowest BCUT2D eigenvalue weighted by Gasteiger charge is -2.14. The molecule has 92 valence electrons. The summed E-state index contributed by atoms with van der Waals surface area (Å²) < 4.78 is 4.28. The fourth-order valence-electron chi connectivity index (χ4n) is 1.34. The number of aromatic hydroxyl groups is 1. The van der Waals surface area contributed by atoms with Crippen LogP contribution in [-0.2, 0) is 16.0 Å². The number of benzene rings is 1. The average molecular weight is 349 g/mol. The normalized spacial score (nSPS) is 11.6. The van der Waals surface area contributed by atoms with Crippen LogP contribution in [0, 0.1) is 0 Å². The number of hydrogen-bond donors (Lipinski definition) is 2. The number of phenolic OH excluding ortho intramolecular Hbond substituents is 1. The van der Waals surface area contributed by atoms with E-state index in [9.17, 15) is 9.59 Å². The van der Waals surface area contributed by atoms with Crippen molar-refractivity contribution in [2.24, 2.45) is 0 Å². The van der Waals surface area contributed by atoms with Gasteiger partial charge in [0.15, 0.2) is 0 Å². The van der Waals surface area contributed by atoms with Gasteiger partial charge in [-0.15, -0.1) is 0 Å². The van der Waals surface area contributed by atoms with Crippen LogP contribution in [0.5, 0.6) is 5.75 Å². The molecule has 6 heteroatoms. The Morgan fingerprint density at radius 3 is 2.47 bits per heavy atom. The Bertz CT molecular complexity index is 404. The summed E-state index contributed by atoms with van der Waals surface area (Å²) in [5.74, 6) is -0.343. The van der Waals surface area contributed by atoms with Crippen LogP contribution in [0.2, 0.25) is 0 Å². The number of ether oxygens (including phenoxy) is 1. The van der Waals surface area contributed by atoms with Gasteiger partial charge in [-0.1, -0.05) is 12.1 Å². The molecule has 1 aromatic rings. The van der Waals surface area contributed by atoms with E-state index in [1.165, 1.54) is 19.2 Å². The lowest BCUT2D eigenvalue weighted by atomic mass is 10.1. The standard InChI is InChI=1S/C11H12INO4/c1-17-10(15)9(13-11(12)16)6-7-2-4-8(14)5-3-7/h2-5,9,14H,6H2,1H3,(H,13,16)/t9-/m1/s1. The highest BCUT2D eigenvalue weighted by Crippen LogP contribution is 2.12. The van der Waals surface area contributed by atoms with E-state index in [-0.39, 0.29) is 9.66 Å². The summed E-state index contributed by atoms with van der Waals surface area (Å²) in [5, 5.41) is 11.6. The Hall–Kier alpha value is -1.31. The van der Waals surface area contributed by atoms with E-state index >= 15 is 0 Å². The third kappa shape index (κ3) is 4.59. The van der Waals surface area contributed by atoms with Gasteiger partial charge in [0, 0.05) is 29.0 Å². The number of methoxy groups -OCH3 is 1. The zero-order chi connectivity index (χ0) is 12.8. The van der Waals surface area contributed by atoms with Crippen molar-refractivity contribution in [2.75, 3.05) is 7.11 Å². The number of hydrogen-bond acceptors (Lipinski definition) is 4. The largest absolute Gasteiger partial charge is 0.508 e. The van der Waals surface area contributed by atoms with Crippen molar-refractivity contribution in [3.05, 3.63) is 29.8 Å². The molecule has 0 unspecified atom stereocenters. The van der Waals surface area contributed by atoms with Crippen LogP contribution >= 0.6 is 22.6 Å². The van der Waals surface area contributed by atoms with Crippen molar-refractivity contribution in [3.63, 3.8) is 0 Å². The molecule has 0 saturated heterocycles. The zero-order valence-corrected chi connectivity index (χ0v) is 11.3. The maximum atomic E-state index is 11.4. The molecule has 1 aromatic carbocycles. The van der Waals surface area contributed by atoms with E-state index in [1.807, 2.05) is 0 Å². The molecule has 1 amide bonds. The van der Waals surface area contributed by atoms with Crippen molar-refractivity contribution in [3.8, 4) is 5.75 Å². The molecule has 0 fully saturated rings. The number of halogens is 1. The first kappa shape index (κ1) is 13.8. The van der Waals surface area contributed by atoms with Crippen molar-refractivity contribution < 1.29 is 19.4 Å². The number of phenols is 1. The highest BCUT2D eigenvalue weighted by Gasteiger charge is 2.20. The minimum absolute atomic E-state index is 0.154. The van der Waals surface area contributed by atoms with Crippen molar-refractivity contribution in [1.29, 1.82) is 0 Å². The van der Waals surface area contributed by atoms with Crippen LogP contribution in [0.3, 0.4) is 0 Å². The molecule has 0 aliphatic carbocycles. The lowest BCUT2D eigenvalue weighted by molar-refractivity contribution is -0.142. The molecule has 0 heterocycles. The number of carbonyl (C=O) groups excluding carboxylic acids is 2. The Morgan fingerprint density at radius 2 is 2.00 bits per heavy atom. The predicted octanol–water partition coefficient (Wildman–Crippen LogP) is 1.62. The van der Waals surface area contributed by atoms with Crippen molar-refractivity contribution in [1.82, 2.24) is 5.32 Å². The predicted molar refractivity (Wildman–Crippen MR) is 70.2 cm³/mol. The van der Waals surface area contributed by atoms with Gasteiger partial charge in [-0.3, -0.25) is 4.79 Å². The Labute approximate surface area is 112 Å². The number of nitrogens with one attached hydrogen (secondary N) is 1. The van der Waals surface area contributed by atoms with Crippen LogP contribution < -0.4 is 5.32 Å². The third-order valence-corrected chi connectivity index (χ3v) is 2.46. The smallest absolute Gasteiger partial charge is 0.328 e. The van der Waals surface area contributed by atoms with Gasteiger partial charge in [-0.25, -0.2) is 4.79 Å². The second-order valence-electron chi connectivity index (χ2n) is 3.36. The van der Waals surface area contributed by atoms with E-state index in [0.29, 0.717) is 6.42 Å². The summed E-state index contributed by atoms with van der Waals surface area (Å²) in [6.07, 6.45) is 0.321. The maximum Gasteiger partial charge on any atom is 0.328 e. The van der Waals surface area contributed by atoms with E-state index in [1.54, 1.807) is 34.7 Å². The molecule has 17 heavy (non-hydrogen) atoms. The number of esters is 1. The molecule has 1 rings (SSSR count). The Kier molecular flexibility index (Phi) is 5.20. The maximum absolute atomic E-state index is 11.4. The second-order valence-corrected chi connectivity index (χ2v) is 4.34. The van der Waals surface area contributed by atoms with Crippen LogP contribution in [-0.4, -0.2) is 28.1 Å². The van der Waals surface area contributed by atoms with Crippen LogP contribution in [0.15, 0.2) is 24.3 Å². The van der Waals surface area contributed by atoms with Crippen molar-refractivity contribution in [2.45, 2.75) is 12.5 Å². The van der Waals surface area contributed by atoms with E-state index in [0.717, 1.165) is 5.56 Å². The SMILES string of the molecule is COC(=O)[C@@H](Cc1ccc(O)cc1)NC(=O)I. The fraction of sp³-hybridized carbons (Fsp3) is 0.273. The van der Waals surface area contributed by atoms with Gasteiger partial charge in [0.2, 0.25) is 0 Å². The molecule has 0 aliphatic heterocycles. The number of amides is 1. The number of rotatable bonds is 4. The second kappa shape index (κ2) is 6.43. The van der Waals surface area contributed by atoms with Gasteiger partial charge in [-0.05, 0) is 17.7 Å². The zero-order valence-electron chi connectivity index (χ0n) is 9.14. The lowest BCUT2D eigenvalue weighted by Crippen LogP contribution is -2.40. The third-order valence-electron chi connectivity index (χ3n) is 2.15. The van der Waals surface area contributed by atoms with Gasteiger partial charge in [0.05, 0.1) is 7.11 Å². The molecule has 5 nitrogen and oxygen atoms in total. The van der Waals surface area contributed by atoms with E-state index < -0.39 is 12.0 Å². The Balaban J connectivity index is 2.75.